The summed E-state index contributed by atoms with van der Waals surface area (Å²) in [5, 5.41) is 18.6. The van der Waals surface area contributed by atoms with Gasteiger partial charge in [0, 0.05) is 0 Å². The van der Waals surface area contributed by atoms with Gasteiger partial charge in [-0.2, -0.15) is 0 Å². The van der Waals surface area contributed by atoms with Crippen LogP contribution < -0.4 is 10.2 Å². The Morgan fingerprint density at radius 3 is 1.46 bits per heavy atom. The minimum Gasteiger partial charge on any atom is -0.549 e. The SMILES string of the molecule is C=C.C=C(C)C(=O)[O-].O=C([O-])CCl. The van der Waals surface area contributed by atoms with Crippen molar-refractivity contribution in [3.8, 4) is 0 Å². The van der Waals surface area contributed by atoms with Crippen LogP contribution in [-0.4, -0.2) is 17.8 Å². The Bertz CT molecular complexity index is 165. The normalized spacial score (nSPS) is 6.62. The number of hydrogen-bond donors (Lipinski definition) is 0. The lowest BCUT2D eigenvalue weighted by Crippen LogP contribution is -2.23. The van der Waals surface area contributed by atoms with E-state index < -0.39 is 17.8 Å². The van der Waals surface area contributed by atoms with Gasteiger partial charge in [-0.1, -0.05) is 6.58 Å². The fourth-order valence-electron chi connectivity index (χ4n) is 0. The molecule has 0 atom stereocenters. The van der Waals surface area contributed by atoms with E-state index in [1.54, 1.807) is 0 Å². The molecule has 0 spiro atoms. The molecule has 0 radical (unpaired) electrons. The third-order valence-corrected chi connectivity index (χ3v) is 0.676. The van der Waals surface area contributed by atoms with Gasteiger partial charge in [-0.3, -0.25) is 0 Å². The Morgan fingerprint density at radius 2 is 1.46 bits per heavy atom. The van der Waals surface area contributed by atoms with Crippen molar-refractivity contribution < 1.29 is 19.8 Å². The monoisotopic (exact) mass is 206 g/mol. The fourth-order valence-corrected chi connectivity index (χ4v) is 0. The van der Waals surface area contributed by atoms with Crippen molar-refractivity contribution >= 4 is 23.5 Å². The molecule has 0 aliphatic rings. The number of aliphatic carboxylic acids is 2. The second-order valence-corrected chi connectivity index (χ2v) is 1.84. The Hall–Kier alpha value is -1.29. The van der Waals surface area contributed by atoms with Crippen LogP contribution in [0.1, 0.15) is 6.92 Å². The van der Waals surface area contributed by atoms with Gasteiger partial charge in [-0.25, -0.2) is 0 Å². The Morgan fingerprint density at radius 1 is 1.31 bits per heavy atom. The van der Waals surface area contributed by atoms with Gasteiger partial charge in [-0.05, 0) is 12.5 Å². The van der Waals surface area contributed by atoms with E-state index in [-0.39, 0.29) is 5.57 Å². The zero-order chi connectivity index (χ0) is 11.4. The summed E-state index contributed by atoms with van der Waals surface area (Å²) in [6.07, 6.45) is 0. The van der Waals surface area contributed by atoms with Crippen molar-refractivity contribution in [3.05, 3.63) is 25.3 Å². The van der Waals surface area contributed by atoms with Crippen LogP contribution in [0.4, 0.5) is 0 Å². The molecule has 0 bridgehead atoms. The molecule has 0 aromatic rings. The lowest BCUT2D eigenvalue weighted by Gasteiger charge is -1.93. The maximum atomic E-state index is 9.49. The minimum absolute atomic E-state index is 0.0648. The average Bonchev–Trinajstić information content (AvgIpc) is 2.09. The smallest absolute Gasteiger partial charge is 0.0666 e. The summed E-state index contributed by atoms with van der Waals surface area (Å²) in [5.74, 6) is -2.83. The minimum atomic E-state index is -1.23. The lowest BCUT2D eigenvalue weighted by atomic mass is 10.4. The quantitative estimate of drug-likeness (QED) is 0.333. The largest absolute Gasteiger partial charge is 0.549 e. The fraction of sp³-hybridized carbons (Fsp3) is 0.250. The van der Waals surface area contributed by atoms with Crippen LogP contribution >= 0.6 is 11.6 Å². The third kappa shape index (κ3) is 36.6. The van der Waals surface area contributed by atoms with Crippen molar-refractivity contribution in [1.29, 1.82) is 0 Å². The zero-order valence-corrected chi connectivity index (χ0v) is 8.10. The molecule has 0 saturated carbocycles. The van der Waals surface area contributed by atoms with Gasteiger partial charge < -0.3 is 19.8 Å². The van der Waals surface area contributed by atoms with Crippen molar-refractivity contribution in [2.75, 3.05) is 5.88 Å². The molecule has 0 rings (SSSR count). The van der Waals surface area contributed by atoms with Crippen LogP contribution in [0, 0.1) is 0 Å². The molecule has 0 aliphatic heterocycles. The van der Waals surface area contributed by atoms with Gasteiger partial charge in [0.1, 0.15) is 0 Å². The van der Waals surface area contributed by atoms with Crippen LogP contribution in [0.2, 0.25) is 0 Å². The van der Waals surface area contributed by atoms with Gasteiger partial charge in [-0.15, -0.1) is 24.8 Å². The van der Waals surface area contributed by atoms with E-state index in [1.807, 2.05) is 0 Å². The number of carboxylic acid groups (broad SMARTS) is 2. The molecule has 0 saturated heterocycles. The number of hydrogen-bond acceptors (Lipinski definition) is 4. The number of rotatable bonds is 2. The maximum absolute atomic E-state index is 9.49. The van der Waals surface area contributed by atoms with E-state index in [1.165, 1.54) is 6.92 Å². The first-order valence-corrected chi connectivity index (χ1v) is 3.58. The third-order valence-electron chi connectivity index (χ3n) is 0.458. The second-order valence-electron chi connectivity index (χ2n) is 1.57. The standard InChI is InChI=1S/C4H6O2.C2H3ClO2.C2H4/c1-3(2)4(5)6;3-1-2(4)5;1-2/h1H2,2H3,(H,5,6);1H2,(H,4,5);1-2H2/p-2. The maximum Gasteiger partial charge on any atom is 0.0666 e. The lowest BCUT2D eigenvalue weighted by molar-refractivity contribution is -0.302. The topological polar surface area (TPSA) is 80.3 Å². The zero-order valence-electron chi connectivity index (χ0n) is 7.34. The van der Waals surface area contributed by atoms with Gasteiger partial charge in [0.2, 0.25) is 0 Å². The molecule has 0 heterocycles. The van der Waals surface area contributed by atoms with Crippen molar-refractivity contribution in [3.63, 3.8) is 0 Å². The van der Waals surface area contributed by atoms with E-state index in [9.17, 15) is 9.90 Å². The van der Waals surface area contributed by atoms with Gasteiger partial charge in [0.25, 0.3) is 0 Å². The van der Waals surface area contributed by atoms with E-state index in [4.69, 9.17) is 9.90 Å². The number of alkyl halides is 1. The number of carbonyl (C=O) groups excluding carboxylic acids is 2. The molecule has 4 nitrogen and oxygen atoms in total. The molecule has 0 N–H and O–H groups in total. The molecule has 5 heteroatoms. The summed E-state index contributed by atoms with van der Waals surface area (Å²) in [7, 11) is 0. The Balaban J connectivity index is -0.000000131. The average molecular weight is 207 g/mol. The Kier molecular flexibility index (Phi) is 18.1. The molecule has 0 aromatic heterocycles. The van der Waals surface area contributed by atoms with Gasteiger partial charge in [0.15, 0.2) is 0 Å². The highest BCUT2D eigenvalue weighted by molar-refractivity contribution is 6.25. The molecule has 0 aliphatic carbocycles. The summed E-state index contributed by atoms with van der Waals surface area (Å²) in [5.41, 5.74) is 0.0648. The molecule has 13 heavy (non-hydrogen) atoms. The van der Waals surface area contributed by atoms with Crippen LogP contribution in [0.15, 0.2) is 25.3 Å². The summed E-state index contributed by atoms with van der Waals surface area (Å²) in [6.45, 7) is 10.5. The Labute approximate surface area is 82.1 Å². The summed E-state index contributed by atoms with van der Waals surface area (Å²) < 4.78 is 0. The van der Waals surface area contributed by atoms with Gasteiger partial charge in [0.05, 0.1) is 17.8 Å². The van der Waals surface area contributed by atoms with E-state index in [2.05, 4.69) is 31.3 Å². The second kappa shape index (κ2) is 13.3. The first-order valence-electron chi connectivity index (χ1n) is 3.04. The van der Waals surface area contributed by atoms with E-state index >= 15 is 0 Å². The molecular weight excluding hydrogens is 196 g/mol. The van der Waals surface area contributed by atoms with Gasteiger partial charge >= 0.3 is 0 Å². The first kappa shape index (κ1) is 17.7. The van der Waals surface area contributed by atoms with Crippen LogP contribution in [0.3, 0.4) is 0 Å². The molecule has 0 amide bonds. The first-order chi connectivity index (χ1) is 5.91. The van der Waals surface area contributed by atoms with Crippen molar-refractivity contribution in [2.45, 2.75) is 6.92 Å². The highest BCUT2D eigenvalue weighted by atomic mass is 35.5. The molecule has 76 valence electrons. The highest BCUT2D eigenvalue weighted by Crippen LogP contribution is 1.77. The van der Waals surface area contributed by atoms with Crippen LogP contribution in [0.25, 0.3) is 0 Å². The number of carboxylic acids is 2. The number of carbonyl (C=O) groups is 2. The van der Waals surface area contributed by atoms with Crippen LogP contribution in [0.5, 0.6) is 0 Å². The summed E-state index contributed by atoms with van der Waals surface area (Å²) >= 11 is 4.67. The van der Waals surface area contributed by atoms with Crippen molar-refractivity contribution in [1.82, 2.24) is 0 Å². The molecule has 0 aromatic carbocycles. The van der Waals surface area contributed by atoms with E-state index in [0.29, 0.717) is 0 Å². The highest BCUT2D eigenvalue weighted by Gasteiger charge is 1.76. The van der Waals surface area contributed by atoms with E-state index in [0.717, 1.165) is 0 Å². The summed E-state index contributed by atoms with van der Waals surface area (Å²) in [6, 6.07) is 0. The molecule has 0 unspecified atom stereocenters. The van der Waals surface area contributed by atoms with Crippen molar-refractivity contribution in [2.24, 2.45) is 0 Å². The summed E-state index contributed by atoms with van der Waals surface area (Å²) in [4.78, 5) is 18.6. The number of halogens is 1. The molecular formula is C8H11ClO4-2. The van der Waals surface area contributed by atoms with Crippen LogP contribution in [-0.2, 0) is 9.59 Å². The molecule has 0 fully saturated rings. The predicted octanol–water partition coefficient (Wildman–Crippen LogP) is -0.910. The predicted molar refractivity (Wildman–Crippen MR) is 46.8 cm³/mol.